The highest BCUT2D eigenvalue weighted by Crippen LogP contribution is 2.44. The average molecular weight is 511 g/mol. The first-order valence-corrected chi connectivity index (χ1v) is 13.3. The van der Waals surface area contributed by atoms with E-state index in [4.69, 9.17) is 9.52 Å². The Morgan fingerprint density at radius 1 is 1.24 bits per heavy atom. The van der Waals surface area contributed by atoms with Gasteiger partial charge in [0.1, 0.15) is 5.76 Å². The molecule has 0 bridgehead atoms. The molecule has 0 spiro atoms. The average Bonchev–Trinajstić information content (AvgIpc) is 3.72. The number of aromatic nitrogens is 3. The third-order valence-electron chi connectivity index (χ3n) is 7.38. The van der Waals surface area contributed by atoms with Crippen molar-refractivity contribution >= 4 is 11.4 Å². The van der Waals surface area contributed by atoms with Gasteiger partial charge >= 0.3 is 0 Å². The van der Waals surface area contributed by atoms with Crippen LogP contribution in [0.3, 0.4) is 0 Å². The molecule has 1 aromatic carbocycles. The minimum atomic E-state index is -1.64. The molecule has 0 saturated heterocycles. The van der Waals surface area contributed by atoms with Crippen molar-refractivity contribution in [1.82, 2.24) is 15.1 Å². The fourth-order valence-corrected chi connectivity index (χ4v) is 4.80. The zero-order valence-electron chi connectivity index (χ0n) is 23.3. The van der Waals surface area contributed by atoms with Crippen LogP contribution in [-0.4, -0.2) is 25.9 Å². The Morgan fingerprint density at radius 3 is 2.53 bits per heavy atom. The molecular formula is C32H38N4O2. The van der Waals surface area contributed by atoms with E-state index in [1.54, 1.807) is 24.5 Å². The van der Waals surface area contributed by atoms with Gasteiger partial charge in [0, 0.05) is 29.2 Å². The topological polar surface area (TPSA) is 84.4 Å². The number of aryl methyl sites for hydroxylation is 2. The Morgan fingerprint density at radius 2 is 1.95 bits per heavy atom. The summed E-state index contributed by atoms with van der Waals surface area (Å²) in [6.07, 6.45) is 14.1. The van der Waals surface area contributed by atoms with Gasteiger partial charge in [0.25, 0.3) is 0 Å². The fraction of sp³-hybridized carbons (Fsp3) is 0.375. The third kappa shape index (κ3) is 5.46. The minimum Gasteiger partial charge on any atom is -0.373 e. The van der Waals surface area contributed by atoms with Crippen LogP contribution in [0.5, 0.6) is 0 Å². The number of allylic oxidation sites excluding steroid dienone is 3. The lowest BCUT2D eigenvalue weighted by atomic mass is 9.79. The van der Waals surface area contributed by atoms with E-state index in [1.165, 1.54) is 12.8 Å². The van der Waals surface area contributed by atoms with Crippen molar-refractivity contribution in [2.45, 2.75) is 66.4 Å². The van der Waals surface area contributed by atoms with Gasteiger partial charge in [0.05, 0.1) is 11.4 Å². The summed E-state index contributed by atoms with van der Waals surface area (Å²) in [5.41, 5.74) is 5.08. The van der Waals surface area contributed by atoms with Crippen LogP contribution in [0.4, 0.5) is 5.69 Å². The van der Waals surface area contributed by atoms with Crippen LogP contribution in [0.1, 0.15) is 68.4 Å². The number of aliphatic imine (C=N–C) groups is 1. The first kappa shape index (κ1) is 27.4. The number of hydrogen-bond donors (Lipinski definition) is 1. The summed E-state index contributed by atoms with van der Waals surface area (Å²) in [6.45, 7) is 16.0. The predicted octanol–water partition coefficient (Wildman–Crippen LogP) is 7.51. The molecule has 0 amide bonds. The van der Waals surface area contributed by atoms with E-state index in [0.29, 0.717) is 28.6 Å². The van der Waals surface area contributed by atoms with E-state index in [0.717, 1.165) is 40.2 Å². The second-order valence-corrected chi connectivity index (χ2v) is 10.3. The van der Waals surface area contributed by atoms with E-state index in [2.05, 4.69) is 54.6 Å². The lowest BCUT2D eigenvalue weighted by molar-refractivity contribution is 0.113. The molecule has 198 valence electrons. The molecule has 0 aliphatic heterocycles. The maximum absolute atomic E-state index is 12.8. The number of nitrogens with zero attached hydrogens (tertiary/aromatic N) is 4. The van der Waals surface area contributed by atoms with E-state index in [-0.39, 0.29) is 5.92 Å². The van der Waals surface area contributed by atoms with Gasteiger partial charge in [-0.3, -0.25) is 4.99 Å². The van der Waals surface area contributed by atoms with Crippen LogP contribution < -0.4 is 0 Å². The van der Waals surface area contributed by atoms with Gasteiger partial charge in [-0.25, -0.2) is 9.97 Å². The molecule has 2 atom stereocenters. The van der Waals surface area contributed by atoms with Crippen molar-refractivity contribution in [3.63, 3.8) is 0 Å². The van der Waals surface area contributed by atoms with Crippen LogP contribution >= 0.6 is 0 Å². The predicted molar refractivity (Wildman–Crippen MR) is 154 cm³/mol. The third-order valence-corrected chi connectivity index (χ3v) is 7.38. The Bertz CT molecular complexity index is 1380. The van der Waals surface area contributed by atoms with Gasteiger partial charge < -0.3 is 9.63 Å². The van der Waals surface area contributed by atoms with Crippen LogP contribution in [0, 0.1) is 32.6 Å². The molecule has 1 N–H and O–H groups in total. The van der Waals surface area contributed by atoms with Crippen LogP contribution in [0.15, 0.2) is 76.6 Å². The summed E-state index contributed by atoms with van der Waals surface area (Å²) in [5, 5.41) is 17.0. The molecule has 6 nitrogen and oxygen atoms in total. The molecular weight excluding hydrogens is 472 g/mol. The number of hydrogen-bond acceptors (Lipinski definition) is 6. The Kier molecular flexibility index (Phi) is 8.22. The summed E-state index contributed by atoms with van der Waals surface area (Å²) in [4.78, 5) is 14.2. The van der Waals surface area contributed by atoms with Gasteiger partial charge in [-0.15, -0.1) is 0 Å². The van der Waals surface area contributed by atoms with E-state index >= 15 is 0 Å². The summed E-state index contributed by atoms with van der Waals surface area (Å²) >= 11 is 0. The Balaban J connectivity index is 2.09. The molecule has 1 aliphatic rings. The highest BCUT2D eigenvalue weighted by molar-refractivity contribution is 5.90. The molecule has 1 fully saturated rings. The molecule has 38 heavy (non-hydrogen) atoms. The van der Waals surface area contributed by atoms with Crippen LogP contribution in [0.2, 0.25) is 0 Å². The standard InChI is InChI=1S/C32H38N4O2/c1-8-10-12-27(17-20(3)9-2)32(37,31-33-15-11-16-34-31)28-18-26(30-23(6)36-38-24(30)7)19-29(21(28)4)35-22(5)25-13-14-25/h8,10-12,15-20,25,37H,1,9,13-14H2,2-7H3. The van der Waals surface area contributed by atoms with Crippen molar-refractivity contribution in [1.29, 1.82) is 0 Å². The lowest BCUT2D eigenvalue weighted by Gasteiger charge is -2.32. The first-order chi connectivity index (χ1) is 18.2. The van der Waals surface area contributed by atoms with Crippen molar-refractivity contribution < 1.29 is 9.63 Å². The SMILES string of the molecule is C=CC=CC(=CC(C)CC)C(O)(c1ncccn1)c1cc(-c2c(C)noc2C)cc(N=C(C)C2CC2)c1C. The second-order valence-electron chi connectivity index (χ2n) is 10.3. The van der Waals surface area contributed by atoms with Gasteiger partial charge in [-0.05, 0) is 87.3 Å². The number of rotatable bonds is 10. The van der Waals surface area contributed by atoms with Gasteiger partial charge in [-0.2, -0.15) is 0 Å². The Labute approximate surface area is 225 Å². The molecule has 4 rings (SSSR count). The smallest absolute Gasteiger partial charge is 0.175 e. The van der Waals surface area contributed by atoms with Crippen molar-refractivity contribution in [3.8, 4) is 11.1 Å². The van der Waals surface area contributed by atoms with Gasteiger partial charge in [0.15, 0.2) is 11.4 Å². The maximum Gasteiger partial charge on any atom is 0.175 e. The van der Waals surface area contributed by atoms with Crippen LogP contribution in [0.25, 0.3) is 11.1 Å². The number of aliphatic hydroxyl groups is 1. The molecule has 1 saturated carbocycles. The monoisotopic (exact) mass is 510 g/mol. The molecule has 6 heteroatoms. The van der Waals surface area contributed by atoms with Gasteiger partial charge in [0.2, 0.25) is 0 Å². The molecule has 2 heterocycles. The van der Waals surface area contributed by atoms with Crippen molar-refractivity contribution in [3.05, 3.63) is 95.5 Å². The molecule has 2 unspecified atom stereocenters. The van der Waals surface area contributed by atoms with Crippen LogP contribution in [-0.2, 0) is 5.60 Å². The molecule has 0 radical (unpaired) electrons. The summed E-state index contributed by atoms with van der Waals surface area (Å²) in [7, 11) is 0. The first-order valence-electron chi connectivity index (χ1n) is 13.3. The quantitative estimate of drug-likeness (QED) is 0.225. The van der Waals surface area contributed by atoms with Crippen molar-refractivity contribution in [2.24, 2.45) is 16.8 Å². The van der Waals surface area contributed by atoms with Gasteiger partial charge in [-0.1, -0.05) is 56.3 Å². The largest absolute Gasteiger partial charge is 0.373 e. The number of benzene rings is 1. The Hall–Kier alpha value is -3.64. The maximum atomic E-state index is 12.8. The summed E-state index contributed by atoms with van der Waals surface area (Å²) in [6, 6.07) is 5.83. The lowest BCUT2D eigenvalue weighted by Crippen LogP contribution is -2.33. The zero-order valence-corrected chi connectivity index (χ0v) is 23.3. The molecule has 3 aromatic rings. The summed E-state index contributed by atoms with van der Waals surface area (Å²) in [5.74, 6) is 1.76. The van der Waals surface area contributed by atoms with E-state index in [9.17, 15) is 5.11 Å². The normalized spacial score (nSPS) is 17.0. The fourth-order valence-electron chi connectivity index (χ4n) is 4.80. The molecule has 2 aromatic heterocycles. The van der Waals surface area contributed by atoms with E-state index < -0.39 is 5.60 Å². The second kappa shape index (κ2) is 11.4. The minimum absolute atomic E-state index is 0.218. The zero-order chi connectivity index (χ0) is 27.4. The van der Waals surface area contributed by atoms with Crippen molar-refractivity contribution in [2.75, 3.05) is 0 Å². The molecule has 1 aliphatic carbocycles. The van der Waals surface area contributed by atoms with E-state index in [1.807, 2.05) is 39.0 Å². The highest BCUT2D eigenvalue weighted by atomic mass is 16.5. The summed E-state index contributed by atoms with van der Waals surface area (Å²) < 4.78 is 5.52. The highest BCUT2D eigenvalue weighted by Gasteiger charge is 2.40.